The number of carbonyl (C=O) groups is 3. The molecule has 0 saturated carbocycles. The zero-order valence-corrected chi connectivity index (χ0v) is 14.4. The first kappa shape index (κ1) is 18.7. The molecule has 25 heavy (non-hydrogen) atoms. The Morgan fingerprint density at radius 3 is 2.44 bits per heavy atom. The highest BCUT2D eigenvalue weighted by molar-refractivity contribution is 6.22. The molecule has 1 unspecified atom stereocenters. The molecular formula is C18H21NO6. The fourth-order valence-electron chi connectivity index (χ4n) is 2.53. The lowest BCUT2D eigenvalue weighted by Gasteiger charge is -2.29. The molecule has 1 heterocycles. The van der Waals surface area contributed by atoms with Gasteiger partial charge in [0, 0.05) is 5.56 Å². The largest absolute Gasteiger partial charge is 0.462 e. The van der Waals surface area contributed by atoms with E-state index in [1.165, 1.54) is 0 Å². The highest BCUT2D eigenvalue weighted by atomic mass is 16.7. The molecule has 7 nitrogen and oxygen atoms in total. The van der Waals surface area contributed by atoms with Gasteiger partial charge in [0.15, 0.2) is 11.4 Å². The van der Waals surface area contributed by atoms with E-state index in [1.807, 2.05) is 0 Å². The first-order chi connectivity index (χ1) is 11.8. The van der Waals surface area contributed by atoms with Crippen LogP contribution in [0.2, 0.25) is 0 Å². The maximum atomic E-state index is 12.8. The monoisotopic (exact) mass is 347 g/mol. The second-order valence-corrected chi connectivity index (χ2v) is 5.78. The van der Waals surface area contributed by atoms with Crippen molar-refractivity contribution in [1.82, 2.24) is 0 Å². The molecule has 0 fully saturated rings. The van der Waals surface area contributed by atoms with Gasteiger partial charge in [0.05, 0.1) is 19.1 Å². The zero-order valence-electron chi connectivity index (χ0n) is 14.4. The van der Waals surface area contributed by atoms with Crippen LogP contribution < -0.4 is 5.73 Å². The molecule has 2 rings (SSSR count). The van der Waals surface area contributed by atoms with Crippen LogP contribution in [0.25, 0.3) is 0 Å². The highest BCUT2D eigenvalue weighted by Gasteiger charge is 2.55. The Morgan fingerprint density at radius 2 is 1.88 bits per heavy atom. The van der Waals surface area contributed by atoms with Crippen LogP contribution in [0.5, 0.6) is 0 Å². The average molecular weight is 347 g/mol. The molecule has 7 heteroatoms. The second kappa shape index (κ2) is 7.48. The van der Waals surface area contributed by atoms with Crippen molar-refractivity contribution in [3.05, 3.63) is 47.4 Å². The van der Waals surface area contributed by atoms with E-state index < -0.39 is 41.5 Å². The normalized spacial score (nSPS) is 19.9. The summed E-state index contributed by atoms with van der Waals surface area (Å²) in [5.41, 5.74) is 5.68. The Morgan fingerprint density at radius 1 is 1.24 bits per heavy atom. The summed E-state index contributed by atoms with van der Waals surface area (Å²) in [7, 11) is 0. The third-order valence-corrected chi connectivity index (χ3v) is 3.49. The molecule has 0 bridgehead atoms. The Hall–Kier alpha value is -2.67. The number of ketones is 2. The molecule has 2 N–H and O–H groups in total. The van der Waals surface area contributed by atoms with Gasteiger partial charge < -0.3 is 19.9 Å². The summed E-state index contributed by atoms with van der Waals surface area (Å²) in [5, 5.41) is 0. The number of ether oxygens (including phenoxy) is 3. The van der Waals surface area contributed by atoms with E-state index in [0.29, 0.717) is 5.56 Å². The number of benzene rings is 1. The average Bonchev–Trinajstić information content (AvgIpc) is 2.78. The maximum absolute atomic E-state index is 12.8. The molecule has 1 aliphatic rings. The van der Waals surface area contributed by atoms with Gasteiger partial charge in [0.25, 0.3) is 5.79 Å². The van der Waals surface area contributed by atoms with Crippen molar-refractivity contribution in [2.45, 2.75) is 39.1 Å². The molecular weight excluding hydrogens is 326 g/mol. The van der Waals surface area contributed by atoms with E-state index in [0.717, 1.165) is 0 Å². The van der Waals surface area contributed by atoms with Gasteiger partial charge in [0.1, 0.15) is 0 Å². The van der Waals surface area contributed by atoms with Crippen LogP contribution >= 0.6 is 0 Å². The van der Waals surface area contributed by atoms with Crippen LogP contribution in [0.3, 0.4) is 0 Å². The molecule has 134 valence electrons. The third kappa shape index (κ3) is 3.88. The van der Waals surface area contributed by atoms with Gasteiger partial charge in [-0.1, -0.05) is 30.3 Å². The van der Waals surface area contributed by atoms with Gasteiger partial charge >= 0.3 is 5.97 Å². The lowest BCUT2D eigenvalue weighted by atomic mass is 9.97. The van der Waals surface area contributed by atoms with Crippen molar-refractivity contribution < 1.29 is 28.6 Å². The summed E-state index contributed by atoms with van der Waals surface area (Å²) < 4.78 is 15.9. The molecule has 0 aromatic heterocycles. The van der Waals surface area contributed by atoms with Crippen LogP contribution in [0.1, 0.15) is 37.6 Å². The van der Waals surface area contributed by atoms with E-state index in [9.17, 15) is 14.4 Å². The number of rotatable bonds is 7. The summed E-state index contributed by atoms with van der Waals surface area (Å²) in [4.78, 5) is 37.4. The number of nitrogens with two attached hydrogens (primary N) is 1. The Balaban J connectivity index is 2.33. The van der Waals surface area contributed by atoms with Gasteiger partial charge in [-0.3, -0.25) is 9.59 Å². The van der Waals surface area contributed by atoms with Gasteiger partial charge in [-0.25, -0.2) is 4.79 Å². The molecule has 0 saturated heterocycles. The molecule has 0 amide bonds. The molecule has 1 aliphatic heterocycles. The predicted octanol–water partition coefficient (Wildman–Crippen LogP) is 1.71. The Bertz CT molecular complexity index is 710. The highest BCUT2D eigenvalue weighted by Crippen LogP contribution is 2.35. The molecule has 0 spiro atoms. The van der Waals surface area contributed by atoms with Crippen LogP contribution in [-0.2, 0) is 23.8 Å². The Labute approximate surface area is 145 Å². The zero-order chi connectivity index (χ0) is 18.6. The minimum absolute atomic E-state index is 0.0733. The smallest absolute Gasteiger partial charge is 0.347 e. The molecule has 1 atom stereocenters. The summed E-state index contributed by atoms with van der Waals surface area (Å²) >= 11 is 0. The minimum atomic E-state index is -1.97. The minimum Gasteiger partial charge on any atom is -0.462 e. The lowest BCUT2D eigenvalue weighted by molar-refractivity contribution is -0.213. The van der Waals surface area contributed by atoms with Crippen LogP contribution in [0.4, 0.5) is 0 Å². The van der Waals surface area contributed by atoms with Crippen molar-refractivity contribution in [1.29, 1.82) is 0 Å². The summed E-state index contributed by atoms with van der Waals surface area (Å²) in [6, 6.07) is 8.42. The number of hydrogen-bond donors (Lipinski definition) is 1. The number of esters is 1. The van der Waals surface area contributed by atoms with Crippen molar-refractivity contribution in [3.63, 3.8) is 0 Å². The van der Waals surface area contributed by atoms with E-state index in [4.69, 9.17) is 19.9 Å². The number of carbonyl (C=O) groups excluding carboxylic acids is 3. The van der Waals surface area contributed by atoms with Gasteiger partial charge in [-0.15, -0.1) is 0 Å². The summed E-state index contributed by atoms with van der Waals surface area (Å²) in [6.45, 7) is 5.05. The molecule has 0 radical (unpaired) electrons. The van der Waals surface area contributed by atoms with Gasteiger partial charge in [-0.2, -0.15) is 0 Å². The fraction of sp³-hybridized carbons (Fsp3) is 0.389. The Kier molecular flexibility index (Phi) is 5.58. The SMILES string of the molecule is CCOC(=O)C1=C(N)OC(CC(=O)c2ccccc2)(OC(C)C)C1=O. The first-order valence-corrected chi connectivity index (χ1v) is 7.97. The number of hydrogen-bond acceptors (Lipinski definition) is 7. The predicted molar refractivity (Wildman–Crippen MR) is 88.3 cm³/mol. The second-order valence-electron chi connectivity index (χ2n) is 5.78. The fourth-order valence-corrected chi connectivity index (χ4v) is 2.53. The van der Waals surface area contributed by atoms with Gasteiger partial charge in [-0.05, 0) is 20.8 Å². The molecule has 1 aromatic carbocycles. The lowest BCUT2D eigenvalue weighted by Crippen LogP contribution is -2.45. The summed E-state index contributed by atoms with van der Waals surface area (Å²) in [6.07, 6.45) is -0.848. The first-order valence-electron chi connectivity index (χ1n) is 7.97. The third-order valence-electron chi connectivity index (χ3n) is 3.49. The van der Waals surface area contributed by atoms with Gasteiger partial charge in [0.2, 0.25) is 11.7 Å². The van der Waals surface area contributed by atoms with Crippen molar-refractivity contribution in [2.24, 2.45) is 5.73 Å². The van der Waals surface area contributed by atoms with Crippen molar-refractivity contribution in [2.75, 3.05) is 6.61 Å². The van der Waals surface area contributed by atoms with E-state index in [-0.39, 0.29) is 12.4 Å². The molecule has 1 aromatic rings. The van der Waals surface area contributed by atoms with Crippen LogP contribution in [0.15, 0.2) is 41.8 Å². The van der Waals surface area contributed by atoms with Crippen LogP contribution in [-0.4, -0.2) is 36.0 Å². The van der Waals surface area contributed by atoms with E-state index in [2.05, 4.69) is 0 Å². The van der Waals surface area contributed by atoms with E-state index in [1.54, 1.807) is 51.1 Å². The quantitative estimate of drug-likeness (QED) is 0.455. The standard InChI is InChI=1S/C18H21NO6/c1-4-23-17(22)14-15(21)18(24-11(2)3,25-16(14)19)10-13(20)12-8-6-5-7-9-12/h5-9,11H,4,10,19H2,1-3H3. The number of Topliss-reactive ketones (excluding diaryl/α,β-unsaturated/α-hetero) is 2. The van der Waals surface area contributed by atoms with Crippen LogP contribution in [0, 0.1) is 0 Å². The van der Waals surface area contributed by atoms with E-state index >= 15 is 0 Å². The molecule has 0 aliphatic carbocycles. The van der Waals surface area contributed by atoms with Crippen molar-refractivity contribution >= 4 is 17.5 Å². The van der Waals surface area contributed by atoms with Crippen molar-refractivity contribution in [3.8, 4) is 0 Å². The summed E-state index contributed by atoms with van der Waals surface area (Å²) in [5.74, 6) is -4.43. The topological polar surface area (TPSA) is 105 Å². The maximum Gasteiger partial charge on any atom is 0.347 e.